The standard InChI is InChI=1S/C17H27NO3/c1-12(14-7-5-4-6-8-14)18-11-13-9-15(20-2)17(19)16(10-13)21-3/h9-10,12,14,18-19H,4-8,11H2,1-3H3. The molecule has 0 spiro atoms. The van der Waals surface area contributed by atoms with Crippen molar-refractivity contribution in [2.24, 2.45) is 5.92 Å². The van der Waals surface area contributed by atoms with Crippen LogP contribution in [0.5, 0.6) is 17.2 Å². The van der Waals surface area contributed by atoms with Crippen LogP contribution in [0.25, 0.3) is 0 Å². The lowest BCUT2D eigenvalue weighted by molar-refractivity contribution is 0.280. The Kier molecular flexibility index (Phi) is 5.74. The maximum Gasteiger partial charge on any atom is 0.200 e. The van der Waals surface area contributed by atoms with Crippen LogP contribution in [0.1, 0.15) is 44.6 Å². The Bertz CT molecular complexity index is 430. The van der Waals surface area contributed by atoms with Crippen LogP contribution in [-0.4, -0.2) is 25.4 Å². The lowest BCUT2D eigenvalue weighted by Gasteiger charge is -2.28. The van der Waals surface area contributed by atoms with E-state index in [1.807, 2.05) is 12.1 Å². The van der Waals surface area contributed by atoms with Crippen LogP contribution in [0, 0.1) is 5.92 Å². The van der Waals surface area contributed by atoms with Crippen molar-refractivity contribution < 1.29 is 14.6 Å². The van der Waals surface area contributed by atoms with Gasteiger partial charge in [0.2, 0.25) is 5.75 Å². The van der Waals surface area contributed by atoms with Crippen LogP contribution in [0.2, 0.25) is 0 Å². The lowest BCUT2D eigenvalue weighted by atomic mass is 9.84. The van der Waals surface area contributed by atoms with Crippen molar-refractivity contribution in [3.05, 3.63) is 17.7 Å². The predicted octanol–water partition coefficient (Wildman–Crippen LogP) is 3.47. The number of phenolic OH excluding ortho intramolecular Hbond substituents is 1. The van der Waals surface area contributed by atoms with Gasteiger partial charge in [-0.1, -0.05) is 19.3 Å². The number of ether oxygens (including phenoxy) is 2. The average molecular weight is 293 g/mol. The molecule has 2 N–H and O–H groups in total. The van der Waals surface area contributed by atoms with Crippen LogP contribution in [-0.2, 0) is 6.54 Å². The summed E-state index contributed by atoms with van der Waals surface area (Å²) in [7, 11) is 3.10. The van der Waals surface area contributed by atoms with Gasteiger partial charge in [-0.15, -0.1) is 0 Å². The average Bonchev–Trinajstić information content (AvgIpc) is 2.54. The fourth-order valence-corrected chi connectivity index (χ4v) is 3.13. The first-order valence-electron chi connectivity index (χ1n) is 7.83. The zero-order chi connectivity index (χ0) is 15.2. The van der Waals surface area contributed by atoms with Gasteiger partial charge in [0.05, 0.1) is 14.2 Å². The van der Waals surface area contributed by atoms with Crippen LogP contribution in [0.4, 0.5) is 0 Å². The minimum Gasteiger partial charge on any atom is -0.502 e. The first-order valence-corrected chi connectivity index (χ1v) is 7.83. The highest BCUT2D eigenvalue weighted by atomic mass is 16.5. The molecule has 1 saturated carbocycles. The fraction of sp³-hybridized carbons (Fsp3) is 0.647. The topological polar surface area (TPSA) is 50.7 Å². The molecule has 1 aliphatic rings. The van der Waals surface area contributed by atoms with E-state index in [9.17, 15) is 5.11 Å². The highest BCUT2D eigenvalue weighted by Gasteiger charge is 2.20. The quantitative estimate of drug-likeness (QED) is 0.843. The van der Waals surface area contributed by atoms with E-state index < -0.39 is 0 Å². The summed E-state index contributed by atoms with van der Waals surface area (Å²) >= 11 is 0. The third-order valence-electron chi connectivity index (χ3n) is 4.52. The molecule has 0 aromatic heterocycles. The van der Waals surface area contributed by atoms with Crippen LogP contribution in [0.3, 0.4) is 0 Å². The molecule has 1 unspecified atom stereocenters. The monoisotopic (exact) mass is 293 g/mol. The number of benzene rings is 1. The van der Waals surface area contributed by atoms with Gasteiger partial charge in [0, 0.05) is 12.6 Å². The van der Waals surface area contributed by atoms with Crippen molar-refractivity contribution in [3.8, 4) is 17.2 Å². The molecule has 1 atom stereocenters. The number of nitrogens with one attached hydrogen (secondary N) is 1. The predicted molar refractivity (Wildman–Crippen MR) is 84.1 cm³/mol. The molecule has 0 bridgehead atoms. The Morgan fingerprint density at radius 1 is 1.14 bits per heavy atom. The second kappa shape index (κ2) is 7.55. The number of aromatic hydroxyl groups is 1. The fourth-order valence-electron chi connectivity index (χ4n) is 3.13. The second-order valence-corrected chi connectivity index (χ2v) is 5.92. The van der Waals surface area contributed by atoms with Gasteiger partial charge in [0.25, 0.3) is 0 Å². The molecular formula is C17H27NO3. The minimum atomic E-state index is 0.0593. The zero-order valence-electron chi connectivity index (χ0n) is 13.3. The van der Waals surface area contributed by atoms with Crippen molar-refractivity contribution in [1.82, 2.24) is 5.32 Å². The number of phenols is 1. The van der Waals surface area contributed by atoms with E-state index in [0.717, 1.165) is 18.0 Å². The second-order valence-electron chi connectivity index (χ2n) is 5.92. The van der Waals surface area contributed by atoms with Crippen molar-refractivity contribution >= 4 is 0 Å². The molecule has 1 aliphatic carbocycles. The molecule has 1 aromatic rings. The van der Waals surface area contributed by atoms with E-state index in [-0.39, 0.29) is 5.75 Å². The van der Waals surface area contributed by atoms with Crippen LogP contribution in [0.15, 0.2) is 12.1 Å². The van der Waals surface area contributed by atoms with E-state index in [0.29, 0.717) is 17.5 Å². The summed E-state index contributed by atoms with van der Waals surface area (Å²) in [4.78, 5) is 0. The van der Waals surface area contributed by atoms with Gasteiger partial charge >= 0.3 is 0 Å². The summed E-state index contributed by atoms with van der Waals surface area (Å²) in [6.07, 6.45) is 6.76. The molecule has 118 valence electrons. The smallest absolute Gasteiger partial charge is 0.200 e. The molecule has 0 heterocycles. The Labute approximate surface area is 127 Å². The van der Waals surface area contributed by atoms with Gasteiger partial charge in [0.1, 0.15) is 0 Å². The van der Waals surface area contributed by atoms with Crippen LogP contribution >= 0.6 is 0 Å². The maximum atomic E-state index is 9.92. The summed E-state index contributed by atoms with van der Waals surface area (Å²) in [5.41, 5.74) is 1.06. The van der Waals surface area contributed by atoms with E-state index in [2.05, 4.69) is 12.2 Å². The minimum absolute atomic E-state index is 0.0593. The van der Waals surface area contributed by atoms with Gasteiger partial charge in [-0.2, -0.15) is 0 Å². The maximum absolute atomic E-state index is 9.92. The summed E-state index contributed by atoms with van der Waals surface area (Å²) in [5.74, 6) is 1.75. The lowest BCUT2D eigenvalue weighted by Crippen LogP contribution is -2.34. The van der Waals surface area contributed by atoms with E-state index in [4.69, 9.17) is 9.47 Å². The zero-order valence-corrected chi connectivity index (χ0v) is 13.3. The molecule has 0 amide bonds. The summed E-state index contributed by atoms with van der Waals surface area (Å²) in [6, 6.07) is 4.23. The third kappa shape index (κ3) is 4.03. The Balaban J connectivity index is 1.98. The van der Waals surface area contributed by atoms with Crippen molar-refractivity contribution in [3.63, 3.8) is 0 Å². The Morgan fingerprint density at radius 3 is 2.24 bits per heavy atom. The van der Waals surface area contributed by atoms with Crippen molar-refractivity contribution in [1.29, 1.82) is 0 Å². The molecule has 21 heavy (non-hydrogen) atoms. The van der Waals surface area contributed by atoms with E-state index in [1.165, 1.54) is 32.1 Å². The highest BCUT2D eigenvalue weighted by Crippen LogP contribution is 2.37. The van der Waals surface area contributed by atoms with Gasteiger partial charge in [-0.05, 0) is 43.4 Å². The molecule has 4 heteroatoms. The molecule has 0 saturated heterocycles. The highest BCUT2D eigenvalue weighted by molar-refractivity contribution is 5.52. The largest absolute Gasteiger partial charge is 0.502 e. The number of rotatable bonds is 6. The van der Waals surface area contributed by atoms with E-state index >= 15 is 0 Å². The third-order valence-corrected chi connectivity index (χ3v) is 4.52. The SMILES string of the molecule is COc1cc(CNC(C)C2CCCCC2)cc(OC)c1O. The van der Waals surface area contributed by atoms with E-state index in [1.54, 1.807) is 14.2 Å². The number of methoxy groups -OCH3 is 2. The molecule has 0 aliphatic heterocycles. The number of hydrogen-bond acceptors (Lipinski definition) is 4. The molecule has 0 radical (unpaired) electrons. The molecule has 1 aromatic carbocycles. The van der Waals surface area contributed by atoms with Crippen molar-refractivity contribution in [2.75, 3.05) is 14.2 Å². The van der Waals surface area contributed by atoms with Gasteiger partial charge in [-0.3, -0.25) is 0 Å². The number of hydrogen-bond donors (Lipinski definition) is 2. The van der Waals surface area contributed by atoms with Gasteiger partial charge in [0.15, 0.2) is 11.5 Å². The summed E-state index contributed by atoms with van der Waals surface area (Å²) < 4.78 is 10.4. The normalized spacial score (nSPS) is 17.5. The molecule has 1 fully saturated rings. The first-order chi connectivity index (χ1) is 10.2. The summed E-state index contributed by atoms with van der Waals surface area (Å²) in [6.45, 7) is 3.02. The molecular weight excluding hydrogens is 266 g/mol. The van der Waals surface area contributed by atoms with Gasteiger partial charge in [-0.25, -0.2) is 0 Å². The summed E-state index contributed by atoms with van der Waals surface area (Å²) in [5, 5.41) is 13.5. The Hall–Kier alpha value is -1.42. The molecule has 2 rings (SSSR count). The molecule has 4 nitrogen and oxygen atoms in total. The van der Waals surface area contributed by atoms with Crippen LogP contribution < -0.4 is 14.8 Å². The van der Waals surface area contributed by atoms with Crippen molar-refractivity contribution in [2.45, 2.75) is 51.6 Å². The van der Waals surface area contributed by atoms with Gasteiger partial charge < -0.3 is 19.9 Å². The Morgan fingerprint density at radius 2 is 1.71 bits per heavy atom. The first kappa shape index (κ1) is 16.0.